The van der Waals surface area contributed by atoms with Gasteiger partial charge in [-0.25, -0.2) is 0 Å². The van der Waals surface area contributed by atoms with Gasteiger partial charge in [0.25, 0.3) is 0 Å². The van der Waals surface area contributed by atoms with Gasteiger partial charge in [-0.1, -0.05) is 0 Å². The molecule has 10 atom stereocenters. The molecule has 226 valence electrons. The summed E-state index contributed by atoms with van der Waals surface area (Å²) >= 11 is 0. The first-order valence-electron chi connectivity index (χ1n) is 16.7. The molecule has 42 heavy (non-hydrogen) atoms. The number of ether oxygens (including phenoxy) is 9. The van der Waals surface area contributed by atoms with Crippen molar-refractivity contribution in [3.8, 4) is 28.7 Å². The maximum atomic E-state index is 13.7. The van der Waals surface area contributed by atoms with Crippen LogP contribution < -0.4 is 18.9 Å². The predicted molar refractivity (Wildman–Crippen MR) is 138 cm³/mol. The van der Waals surface area contributed by atoms with Crippen LogP contribution in [0.2, 0.25) is 0 Å². The molecule has 3 saturated heterocycles. The molecule has 0 amide bonds. The molecular formula is C29H32O13. The number of esters is 1. The summed E-state index contributed by atoms with van der Waals surface area (Å²) in [6, 6.07) is 5.19. The van der Waals surface area contributed by atoms with Crippen molar-refractivity contribution in [1.82, 2.24) is 0 Å². The van der Waals surface area contributed by atoms with Gasteiger partial charge in [-0.05, 0) is 47.9 Å². The van der Waals surface area contributed by atoms with E-state index in [0.29, 0.717) is 5.56 Å². The Morgan fingerprint density at radius 1 is 0.952 bits per heavy atom. The number of aliphatic hydroxyl groups is 2. The number of methoxy groups -OCH3 is 2. The molecule has 5 aliphatic rings. The van der Waals surface area contributed by atoms with E-state index in [9.17, 15) is 21.5 Å². The SMILES string of the molecule is [2H]C([2H])([2H])Oc1cc([C@@H]2c3cc4c(cc3[C@@H](O[C@@H]3O[C@@H]5CO[C@@H](C)O[C@H]5[C@H](O)[C@H]3O)[C@H]3COC(=O)[C@]23[2H])OCO4)cc(OC([2H])([2H])[2H])c1O. The molecule has 7 rings (SSSR count). The molecule has 3 fully saturated rings. The van der Waals surface area contributed by atoms with E-state index in [0.717, 1.165) is 12.1 Å². The lowest BCUT2D eigenvalue weighted by Gasteiger charge is -2.47. The smallest absolute Gasteiger partial charge is 0.310 e. The van der Waals surface area contributed by atoms with E-state index >= 15 is 0 Å². The summed E-state index contributed by atoms with van der Waals surface area (Å²) in [6.07, 6.45) is -8.20. The van der Waals surface area contributed by atoms with Gasteiger partial charge in [-0.2, -0.15) is 0 Å². The minimum absolute atomic E-state index is 0.0209. The maximum Gasteiger partial charge on any atom is 0.310 e. The molecule has 1 aliphatic carbocycles. The fraction of sp³-hybridized carbons (Fsp3) is 0.552. The fourth-order valence-electron chi connectivity index (χ4n) is 6.33. The molecule has 3 N–H and O–H groups in total. The van der Waals surface area contributed by atoms with Gasteiger partial charge >= 0.3 is 5.97 Å². The Labute approximate surface area is 250 Å². The maximum absolute atomic E-state index is 13.7. The standard InChI is InChI=1S/C29H32O13/c1-11-36-9-20-27(40-11)24(31)25(32)29(41-20)42-26-14-7-17-16(38-10-39-17)6-13(14)21(22-15(26)8-37-28(22)33)12-4-18(34-2)23(30)19(5-12)35-3/h4-7,11,15,20-22,24-27,29-32H,8-10H2,1-3H3/t11-,15+,20-,21-,22+,24-,25-,26-,27-,29+/m1/s1/i2D3,3D3,22D. The lowest BCUT2D eigenvalue weighted by molar-refractivity contribution is -0.364. The zero-order valence-electron chi connectivity index (χ0n) is 29.1. The monoisotopic (exact) mass is 595 g/mol. The van der Waals surface area contributed by atoms with E-state index in [4.69, 9.17) is 50.9 Å². The van der Waals surface area contributed by atoms with Crippen LogP contribution in [0.3, 0.4) is 0 Å². The third-order valence-corrected chi connectivity index (χ3v) is 8.28. The number of hydrogen-bond donors (Lipinski definition) is 3. The van der Waals surface area contributed by atoms with Gasteiger partial charge in [0.1, 0.15) is 24.4 Å². The highest BCUT2D eigenvalue weighted by atomic mass is 16.8. The number of phenols is 1. The van der Waals surface area contributed by atoms with E-state index in [2.05, 4.69) is 0 Å². The Morgan fingerprint density at radius 3 is 2.38 bits per heavy atom. The Hall–Kier alpha value is -3.33. The largest absolute Gasteiger partial charge is 0.502 e. The van der Waals surface area contributed by atoms with Gasteiger partial charge in [0.15, 0.2) is 35.6 Å². The third kappa shape index (κ3) is 4.26. The highest BCUT2D eigenvalue weighted by Crippen LogP contribution is 2.57. The molecule has 0 bridgehead atoms. The summed E-state index contributed by atoms with van der Waals surface area (Å²) in [5.74, 6) is -7.58. The Kier molecular flexibility index (Phi) is 5.11. The summed E-state index contributed by atoms with van der Waals surface area (Å²) in [5, 5.41) is 32.9. The number of phenolic OH excluding ortho intramolecular Hbond substituents is 1. The second kappa shape index (κ2) is 10.4. The number of benzene rings is 2. The van der Waals surface area contributed by atoms with Crippen LogP contribution >= 0.6 is 0 Å². The molecule has 13 nitrogen and oxygen atoms in total. The third-order valence-electron chi connectivity index (χ3n) is 8.28. The number of hydrogen-bond acceptors (Lipinski definition) is 13. The van der Waals surface area contributed by atoms with Crippen molar-refractivity contribution in [3.05, 3.63) is 41.0 Å². The molecule has 2 aromatic rings. The van der Waals surface area contributed by atoms with Crippen molar-refractivity contribution in [1.29, 1.82) is 0 Å². The van der Waals surface area contributed by atoms with Crippen molar-refractivity contribution < 1.29 is 72.3 Å². The number of cyclic esters (lactones) is 1. The van der Waals surface area contributed by atoms with Crippen LogP contribution in [0, 0.1) is 11.8 Å². The lowest BCUT2D eigenvalue weighted by Crippen LogP contribution is -2.63. The molecule has 4 heterocycles. The van der Waals surface area contributed by atoms with E-state index in [1.807, 2.05) is 0 Å². The normalized spacial score (nSPS) is 41.3. The number of rotatable bonds is 5. The first-order chi connectivity index (χ1) is 22.9. The van der Waals surface area contributed by atoms with Crippen LogP contribution in [0.5, 0.6) is 28.7 Å². The minimum Gasteiger partial charge on any atom is -0.502 e. The Bertz CT molecular complexity index is 1600. The molecule has 0 saturated carbocycles. The van der Waals surface area contributed by atoms with Crippen LogP contribution in [-0.2, 0) is 28.5 Å². The van der Waals surface area contributed by atoms with E-state index < -0.39 is 98.1 Å². The number of fused-ring (bicyclic) bond motifs is 4. The second-order valence-electron chi connectivity index (χ2n) is 10.6. The fourth-order valence-corrected chi connectivity index (χ4v) is 6.33. The van der Waals surface area contributed by atoms with Gasteiger partial charge in [0.2, 0.25) is 12.5 Å². The van der Waals surface area contributed by atoms with E-state index in [1.165, 1.54) is 6.07 Å². The van der Waals surface area contributed by atoms with E-state index in [1.54, 1.807) is 13.0 Å². The van der Waals surface area contributed by atoms with Gasteiger partial charge < -0.3 is 58.0 Å². The van der Waals surface area contributed by atoms with Crippen molar-refractivity contribution in [2.75, 3.05) is 34.1 Å². The first kappa shape index (κ1) is 20.6. The van der Waals surface area contributed by atoms with Crippen LogP contribution in [0.25, 0.3) is 0 Å². The van der Waals surface area contributed by atoms with Gasteiger partial charge in [-0.3, -0.25) is 4.79 Å². The van der Waals surface area contributed by atoms with Crippen LogP contribution in [0.4, 0.5) is 0 Å². The topological polar surface area (TPSA) is 161 Å². The Morgan fingerprint density at radius 2 is 1.67 bits per heavy atom. The molecule has 13 heteroatoms. The molecule has 0 unspecified atom stereocenters. The Balaban J connectivity index is 1.37. The highest BCUT2D eigenvalue weighted by Gasteiger charge is 2.56. The molecule has 0 aromatic heterocycles. The minimum atomic E-state index is -3.10. The van der Waals surface area contributed by atoms with Gasteiger partial charge in [0.05, 0.1) is 47.5 Å². The summed E-state index contributed by atoms with van der Waals surface area (Å²) in [5.41, 5.74) is 0.486. The van der Waals surface area contributed by atoms with Gasteiger partial charge in [0, 0.05) is 13.2 Å². The molecule has 4 aliphatic heterocycles. The summed E-state index contributed by atoms with van der Waals surface area (Å²) < 4.78 is 105. The molecule has 0 spiro atoms. The number of aliphatic hydroxyl groups excluding tert-OH is 2. The molecule has 0 radical (unpaired) electrons. The average Bonchev–Trinajstić information content (AvgIpc) is 3.59. The zero-order chi connectivity index (χ0) is 35.2. The van der Waals surface area contributed by atoms with Crippen LogP contribution in [-0.4, -0.2) is 92.4 Å². The highest BCUT2D eigenvalue weighted by molar-refractivity contribution is 5.79. The lowest BCUT2D eigenvalue weighted by atomic mass is 9.66. The second-order valence-corrected chi connectivity index (χ2v) is 10.6. The summed E-state index contributed by atoms with van der Waals surface area (Å²) in [6.45, 7) is 1.14. The zero-order valence-corrected chi connectivity index (χ0v) is 22.1. The summed E-state index contributed by atoms with van der Waals surface area (Å²) in [4.78, 5) is 13.7. The summed E-state index contributed by atoms with van der Waals surface area (Å²) in [7, 11) is -6.21. The van der Waals surface area contributed by atoms with Crippen molar-refractivity contribution in [2.24, 2.45) is 11.8 Å². The number of carbonyl (C=O) groups is 1. The molecule has 2 aromatic carbocycles. The van der Waals surface area contributed by atoms with E-state index in [-0.39, 0.29) is 42.6 Å². The number of carbonyl (C=O) groups excluding carboxylic acids is 1. The van der Waals surface area contributed by atoms with Crippen molar-refractivity contribution >= 4 is 5.97 Å². The number of aromatic hydroxyl groups is 1. The quantitative estimate of drug-likeness (QED) is 0.425. The van der Waals surface area contributed by atoms with Crippen LogP contribution in [0.1, 0.15) is 45.2 Å². The van der Waals surface area contributed by atoms with Crippen LogP contribution in [0.15, 0.2) is 24.3 Å². The molecular weight excluding hydrogens is 556 g/mol. The first-order valence-corrected chi connectivity index (χ1v) is 13.2. The van der Waals surface area contributed by atoms with Gasteiger partial charge in [-0.15, -0.1) is 0 Å². The van der Waals surface area contributed by atoms with Crippen molar-refractivity contribution in [3.63, 3.8) is 0 Å². The van der Waals surface area contributed by atoms with Crippen molar-refractivity contribution in [2.45, 2.75) is 55.9 Å². The predicted octanol–water partition coefficient (Wildman–Crippen LogP) is 1.34. The average molecular weight is 596 g/mol.